The molecule has 0 aromatic carbocycles. The van der Waals surface area contributed by atoms with Gasteiger partial charge in [-0.3, -0.25) is 9.59 Å². The monoisotopic (exact) mass is 253 g/mol. The van der Waals surface area contributed by atoms with Crippen molar-refractivity contribution in [3.63, 3.8) is 0 Å². The molecule has 3 aliphatic rings. The molecule has 100 valence electrons. The van der Waals surface area contributed by atoms with Gasteiger partial charge in [0.1, 0.15) is 0 Å². The van der Waals surface area contributed by atoms with Gasteiger partial charge in [-0.05, 0) is 25.7 Å². The Morgan fingerprint density at radius 2 is 2.00 bits per heavy atom. The van der Waals surface area contributed by atoms with Crippen LogP contribution in [0.2, 0.25) is 0 Å². The Hall–Kier alpha value is -1.10. The number of hydrogen-bond donors (Lipinski definition) is 1. The molecule has 0 aromatic heterocycles. The van der Waals surface area contributed by atoms with Crippen LogP contribution >= 0.6 is 0 Å². The van der Waals surface area contributed by atoms with E-state index in [1.54, 1.807) is 0 Å². The molecule has 5 heteroatoms. The molecule has 3 unspecified atom stereocenters. The fourth-order valence-electron chi connectivity index (χ4n) is 2.76. The highest BCUT2D eigenvalue weighted by Gasteiger charge is 2.51. The zero-order valence-electron chi connectivity index (χ0n) is 10.4. The van der Waals surface area contributed by atoms with Gasteiger partial charge in [-0.2, -0.15) is 0 Å². The maximum absolute atomic E-state index is 12.3. The molecular weight excluding hydrogens is 234 g/mol. The van der Waals surface area contributed by atoms with Crippen molar-refractivity contribution >= 4 is 11.9 Å². The highest BCUT2D eigenvalue weighted by molar-refractivity contribution is 5.89. The van der Waals surface area contributed by atoms with Gasteiger partial charge in [0.05, 0.1) is 18.4 Å². The van der Waals surface area contributed by atoms with E-state index in [0.29, 0.717) is 18.4 Å². The lowest BCUT2D eigenvalue weighted by Crippen LogP contribution is -2.39. The summed E-state index contributed by atoms with van der Waals surface area (Å²) in [6, 6.07) is 0.369. The third kappa shape index (κ3) is 2.36. The molecule has 0 bridgehead atoms. The van der Waals surface area contributed by atoms with E-state index in [2.05, 4.69) is 0 Å². The summed E-state index contributed by atoms with van der Waals surface area (Å²) in [5.41, 5.74) is 0. The lowest BCUT2D eigenvalue weighted by molar-refractivity contribution is -0.142. The second kappa shape index (κ2) is 4.53. The summed E-state index contributed by atoms with van der Waals surface area (Å²) < 4.78 is 5.34. The van der Waals surface area contributed by atoms with Crippen molar-refractivity contribution < 1.29 is 19.4 Å². The highest BCUT2D eigenvalue weighted by Crippen LogP contribution is 2.42. The molecule has 3 rings (SSSR count). The maximum Gasteiger partial charge on any atom is 0.307 e. The number of nitrogens with zero attached hydrogens (tertiary/aromatic N) is 1. The van der Waals surface area contributed by atoms with Crippen molar-refractivity contribution in [1.29, 1.82) is 0 Å². The van der Waals surface area contributed by atoms with E-state index < -0.39 is 11.9 Å². The van der Waals surface area contributed by atoms with Gasteiger partial charge in [-0.15, -0.1) is 0 Å². The van der Waals surface area contributed by atoms with Crippen LogP contribution in [0.5, 0.6) is 0 Å². The van der Waals surface area contributed by atoms with E-state index >= 15 is 0 Å². The van der Waals surface area contributed by atoms with Crippen LogP contribution in [0.1, 0.15) is 25.7 Å². The molecule has 0 aromatic rings. The summed E-state index contributed by atoms with van der Waals surface area (Å²) in [6.45, 7) is 2.29. The van der Waals surface area contributed by atoms with Crippen molar-refractivity contribution in [2.45, 2.75) is 31.7 Å². The topological polar surface area (TPSA) is 66.8 Å². The summed E-state index contributed by atoms with van der Waals surface area (Å²) in [7, 11) is 0. The number of aliphatic carboxylic acids is 1. The lowest BCUT2D eigenvalue weighted by atomic mass is 10.1. The molecule has 1 amide bonds. The number of carbonyl (C=O) groups excluding carboxylic acids is 1. The first-order chi connectivity index (χ1) is 8.66. The number of rotatable bonds is 5. The molecule has 0 radical (unpaired) electrons. The fraction of sp³-hybridized carbons (Fsp3) is 0.846. The van der Waals surface area contributed by atoms with Gasteiger partial charge in [0.2, 0.25) is 5.91 Å². The molecule has 1 saturated heterocycles. The third-order valence-corrected chi connectivity index (χ3v) is 4.17. The Balaban J connectivity index is 1.59. The van der Waals surface area contributed by atoms with Gasteiger partial charge in [0.25, 0.3) is 0 Å². The Kier molecular flexibility index (Phi) is 3.01. The molecule has 1 aliphatic heterocycles. The van der Waals surface area contributed by atoms with Crippen LogP contribution in [0.25, 0.3) is 0 Å². The first-order valence-electron chi connectivity index (χ1n) is 6.78. The Labute approximate surface area is 106 Å². The van der Waals surface area contributed by atoms with Gasteiger partial charge in [0, 0.05) is 25.1 Å². The van der Waals surface area contributed by atoms with E-state index in [1.165, 1.54) is 0 Å². The fourth-order valence-corrected chi connectivity index (χ4v) is 2.76. The third-order valence-electron chi connectivity index (χ3n) is 4.17. The quantitative estimate of drug-likeness (QED) is 0.784. The Morgan fingerprint density at radius 1 is 1.22 bits per heavy atom. The average molecular weight is 253 g/mol. The second-order valence-electron chi connectivity index (χ2n) is 5.74. The van der Waals surface area contributed by atoms with Crippen LogP contribution in [-0.4, -0.2) is 47.7 Å². The van der Waals surface area contributed by atoms with E-state index in [1.807, 2.05) is 4.90 Å². The smallest absolute Gasteiger partial charge is 0.307 e. The molecule has 0 spiro atoms. The number of ether oxygens (including phenoxy) is 1. The minimum absolute atomic E-state index is 0.0665. The number of carboxylic acids is 1. The molecular formula is C13H19NO4. The minimum Gasteiger partial charge on any atom is -0.481 e. The normalized spacial score (nSPS) is 34.3. The van der Waals surface area contributed by atoms with E-state index in [9.17, 15) is 9.59 Å². The average Bonchev–Trinajstić information content (AvgIpc) is 3.24. The van der Waals surface area contributed by atoms with Crippen molar-refractivity contribution in [3.05, 3.63) is 0 Å². The first kappa shape index (κ1) is 12.0. The van der Waals surface area contributed by atoms with Crippen molar-refractivity contribution in [3.8, 4) is 0 Å². The highest BCUT2D eigenvalue weighted by atomic mass is 16.5. The number of carboxylic acid groups (broad SMARTS) is 1. The van der Waals surface area contributed by atoms with Gasteiger partial charge in [0.15, 0.2) is 0 Å². The number of carbonyl (C=O) groups is 2. The Bertz CT molecular complexity index is 360. The maximum atomic E-state index is 12.3. The zero-order chi connectivity index (χ0) is 12.7. The standard InChI is InChI=1S/C13H19NO4/c15-12(10-5-11(10)13(16)17)14(9-1-2-9)6-8-3-4-18-7-8/h8-11H,1-7H2,(H,16,17). The van der Waals surface area contributed by atoms with Gasteiger partial charge in [-0.25, -0.2) is 0 Å². The van der Waals surface area contributed by atoms with Gasteiger partial charge >= 0.3 is 5.97 Å². The number of hydrogen-bond acceptors (Lipinski definition) is 3. The zero-order valence-corrected chi connectivity index (χ0v) is 10.4. The molecule has 3 atom stereocenters. The van der Waals surface area contributed by atoms with Gasteiger partial charge in [-0.1, -0.05) is 0 Å². The number of amides is 1. The summed E-state index contributed by atoms with van der Waals surface area (Å²) in [4.78, 5) is 25.1. The molecule has 2 aliphatic carbocycles. The van der Waals surface area contributed by atoms with E-state index in [-0.39, 0.29) is 11.8 Å². The lowest BCUT2D eigenvalue weighted by Gasteiger charge is -2.25. The molecule has 18 heavy (non-hydrogen) atoms. The van der Waals surface area contributed by atoms with Gasteiger partial charge < -0.3 is 14.7 Å². The van der Waals surface area contributed by atoms with E-state index in [0.717, 1.165) is 39.0 Å². The molecule has 2 saturated carbocycles. The van der Waals surface area contributed by atoms with Crippen molar-refractivity contribution in [2.24, 2.45) is 17.8 Å². The van der Waals surface area contributed by atoms with Crippen LogP contribution < -0.4 is 0 Å². The minimum atomic E-state index is -0.826. The molecule has 5 nitrogen and oxygen atoms in total. The van der Waals surface area contributed by atoms with E-state index in [4.69, 9.17) is 9.84 Å². The predicted octanol–water partition coefficient (Wildman–Crippen LogP) is 0.735. The van der Waals surface area contributed by atoms with Crippen LogP contribution in [0.4, 0.5) is 0 Å². The molecule has 3 fully saturated rings. The predicted molar refractivity (Wildman–Crippen MR) is 62.9 cm³/mol. The Morgan fingerprint density at radius 3 is 2.50 bits per heavy atom. The van der Waals surface area contributed by atoms with Crippen LogP contribution in [0.15, 0.2) is 0 Å². The van der Waals surface area contributed by atoms with Crippen LogP contribution in [-0.2, 0) is 14.3 Å². The van der Waals surface area contributed by atoms with Crippen LogP contribution in [0, 0.1) is 17.8 Å². The summed E-state index contributed by atoms with van der Waals surface area (Å²) in [5, 5.41) is 8.90. The second-order valence-corrected chi connectivity index (χ2v) is 5.74. The molecule has 1 heterocycles. The SMILES string of the molecule is O=C(O)C1CC1C(=O)N(CC1CCOC1)C1CC1. The van der Waals surface area contributed by atoms with Crippen molar-refractivity contribution in [2.75, 3.05) is 19.8 Å². The summed E-state index contributed by atoms with van der Waals surface area (Å²) in [5.74, 6) is -1.01. The largest absolute Gasteiger partial charge is 0.481 e. The van der Waals surface area contributed by atoms with Crippen molar-refractivity contribution in [1.82, 2.24) is 4.90 Å². The first-order valence-corrected chi connectivity index (χ1v) is 6.78. The summed E-state index contributed by atoms with van der Waals surface area (Å²) in [6.07, 6.45) is 3.69. The summed E-state index contributed by atoms with van der Waals surface area (Å²) >= 11 is 0. The molecule has 1 N–H and O–H groups in total. The van der Waals surface area contributed by atoms with Crippen LogP contribution in [0.3, 0.4) is 0 Å².